The van der Waals surface area contributed by atoms with E-state index >= 15 is 0 Å². The van der Waals surface area contributed by atoms with E-state index < -0.39 is 0 Å². The Morgan fingerprint density at radius 1 is 1.08 bits per heavy atom. The number of carbonyl (C=O) groups is 2. The van der Waals surface area contributed by atoms with Crippen molar-refractivity contribution in [3.8, 4) is 0 Å². The highest BCUT2D eigenvalue weighted by atomic mass is 16.5. The first kappa shape index (κ1) is 17.6. The molecule has 0 fully saturated rings. The molecule has 0 aliphatic carbocycles. The molecule has 0 unspecified atom stereocenters. The lowest BCUT2D eigenvalue weighted by Gasteiger charge is -2.09. The Morgan fingerprint density at radius 2 is 1.92 bits per heavy atom. The first-order chi connectivity index (χ1) is 11.6. The molecule has 128 valence electrons. The van der Waals surface area contributed by atoms with Crippen LogP contribution in [0, 0.1) is 0 Å². The van der Waals surface area contributed by atoms with Crippen molar-refractivity contribution >= 4 is 17.6 Å². The van der Waals surface area contributed by atoms with Crippen LogP contribution < -0.4 is 16.0 Å². The van der Waals surface area contributed by atoms with Crippen LogP contribution in [0.5, 0.6) is 0 Å². The number of furan rings is 1. The minimum absolute atomic E-state index is 0.126. The van der Waals surface area contributed by atoms with Gasteiger partial charge in [-0.3, -0.25) is 4.79 Å². The fourth-order valence-electron chi connectivity index (χ4n) is 1.99. The molecule has 1 aromatic carbocycles. The maximum Gasteiger partial charge on any atom is 0.319 e. The summed E-state index contributed by atoms with van der Waals surface area (Å²) in [7, 11) is 0. The molecule has 0 aliphatic heterocycles. The predicted octanol–water partition coefficient (Wildman–Crippen LogP) is 2.25. The zero-order chi connectivity index (χ0) is 17.2. The van der Waals surface area contributed by atoms with Gasteiger partial charge in [0, 0.05) is 25.7 Å². The molecule has 0 radical (unpaired) electrons. The van der Waals surface area contributed by atoms with Gasteiger partial charge >= 0.3 is 6.03 Å². The summed E-state index contributed by atoms with van der Waals surface area (Å²) in [5.41, 5.74) is 1.61. The van der Waals surface area contributed by atoms with Crippen molar-refractivity contribution in [2.75, 3.05) is 18.4 Å². The molecular formula is C17H21N3O4. The largest absolute Gasteiger partial charge is 0.467 e. The average molecular weight is 331 g/mol. The number of amides is 3. The number of hydrogen-bond acceptors (Lipinski definition) is 4. The second-order valence-electron chi connectivity index (χ2n) is 5.14. The highest BCUT2D eigenvalue weighted by molar-refractivity contribution is 5.89. The second-order valence-corrected chi connectivity index (χ2v) is 5.14. The van der Waals surface area contributed by atoms with Crippen molar-refractivity contribution in [2.45, 2.75) is 20.1 Å². The molecule has 1 aromatic heterocycles. The van der Waals surface area contributed by atoms with Crippen molar-refractivity contribution in [3.63, 3.8) is 0 Å². The fourth-order valence-corrected chi connectivity index (χ4v) is 1.99. The maximum atomic E-state index is 11.8. The molecule has 0 aliphatic rings. The van der Waals surface area contributed by atoms with Gasteiger partial charge in [0.1, 0.15) is 12.4 Å². The smallest absolute Gasteiger partial charge is 0.319 e. The SMILES string of the molecule is CC(=O)NCCNC(=O)Nc1cccc(COCc2ccco2)c1. The lowest BCUT2D eigenvalue weighted by molar-refractivity contribution is -0.118. The van der Waals surface area contributed by atoms with Crippen molar-refractivity contribution in [1.29, 1.82) is 0 Å². The molecule has 0 spiro atoms. The van der Waals surface area contributed by atoms with E-state index in [4.69, 9.17) is 9.15 Å². The van der Waals surface area contributed by atoms with Gasteiger partial charge in [0.05, 0.1) is 12.9 Å². The number of carbonyl (C=O) groups excluding carboxylic acids is 2. The molecular weight excluding hydrogens is 310 g/mol. The monoisotopic (exact) mass is 331 g/mol. The Morgan fingerprint density at radius 3 is 2.67 bits per heavy atom. The number of hydrogen-bond donors (Lipinski definition) is 3. The number of rotatable bonds is 8. The first-order valence-electron chi connectivity index (χ1n) is 7.62. The maximum absolute atomic E-state index is 11.8. The minimum atomic E-state index is -0.325. The molecule has 0 atom stereocenters. The third kappa shape index (κ3) is 6.53. The summed E-state index contributed by atoms with van der Waals surface area (Å²) >= 11 is 0. The molecule has 2 aromatic rings. The van der Waals surface area contributed by atoms with Gasteiger partial charge in [-0.2, -0.15) is 0 Å². The van der Waals surface area contributed by atoms with Gasteiger partial charge in [-0.1, -0.05) is 12.1 Å². The minimum Gasteiger partial charge on any atom is -0.467 e. The highest BCUT2D eigenvalue weighted by Gasteiger charge is 2.03. The molecule has 7 heteroatoms. The van der Waals surface area contributed by atoms with Crippen molar-refractivity contribution < 1.29 is 18.7 Å². The molecule has 0 bridgehead atoms. The number of nitrogens with one attached hydrogen (secondary N) is 3. The Bertz CT molecular complexity index is 656. The van der Waals surface area contributed by atoms with E-state index in [1.54, 1.807) is 12.3 Å². The number of ether oxygens (including phenoxy) is 1. The van der Waals surface area contributed by atoms with Crippen LogP contribution in [0.4, 0.5) is 10.5 Å². The van der Waals surface area contributed by atoms with Crippen LogP contribution in [-0.4, -0.2) is 25.0 Å². The Labute approximate surface area is 140 Å². The summed E-state index contributed by atoms with van der Waals surface area (Å²) in [6, 6.07) is 10.7. The molecule has 0 saturated carbocycles. The van der Waals surface area contributed by atoms with Crippen LogP contribution in [0.15, 0.2) is 47.1 Å². The van der Waals surface area contributed by atoms with E-state index in [1.807, 2.05) is 30.3 Å². The van der Waals surface area contributed by atoms with Gasteiger partial charge in [0.2, 0.25) is 5.91 Å². The summed E-state index contributed by atoms with van der Waals surface area (Å²) in [4.78, 5) is 22.5. The number of anilines is 1. The molecule has 24 heavy (non-hydrogen) atoms. The first-order valence-corrected chi connectivity index (χ1v) is 7.62. The van der Waals surface area contributed by atoms with Crippen LogP contribution in [0.25, 0.3) is 0 Å². The number of benzene rings is 1. The average Bonchev–Trinajstić information content (AvgIpc) is 3.05. The lowest BCUT2D eigenvalue weighted by Crippen LogP contribution is -2.36. The summed E-state index contributed by atoms with van der Waals surface area (Å²) in [6.45, 7) is 3.00. The normalized spacial score (nSPS) is 10.2. The summed E-state index contributed by atoms with van der Waals surface area (Å²) in [6.07, 6.45) is 1.60. The van der Waals surface area contributed by atoms with Crippen LogP contribution in [0.2, 0.25) is 0 Å². The Hall–Kier alpha value is -2.80. The van der Waals surface area contributed by atoms with E-state index in [0.29, 0.717) is 32.0 Å². The fraction of sp³-hybridized carbons (Fsp3) is 0.294. The van der Waals surface area contributed by atoms with Crippen LogP contribution in [0.3, 0.4) is 0 Å². The number of urea groups is 1. The van der Waals surface area contributed by atoms with Crippen molar-refractivity contribution in [1.82, 2.24) is 10.6 Å². The van der Waals surface area contributed by atoms with Crippen LogP contribution >= 0.6 is 0 Å². The third-order valence-corrected chi connectivity index (χ3v) is 3.06. The zero-order valence-electron chi connectivity index (χ0n) is 13.5. The van der Waals surface area contributed by atoms with Crippen molar-refractivity contribution in [3.05, 3.63) is 54.0 Å². The molecule has 3 N–H and O–H groups in total. The van der Waals surface area contributed by atoms with Crippen LogP contribution in [-0.2, 0) is 22.7 Å². The standard InChI is InChI=1S/C17H21N3O4/c1-13(21)18-7-8-19-17(22)20-15-5-2-4-14(10-15)11-23-12-16-6-3-9-24-16/h2-6,9-10H,7-8,11-12H2,1H3,(H,18,21)(H2,19,20,22). The van der Waals surface area contributed by atoms with Gasteiger partial charge in [-0.15, -0.1) is 0 Å². The van der Waals surface area contributed by atoms with Crippen molar-refractivity contribution in [2.24, 2.45) is 0 Å². The van der Waals surface area contributed by atoms with Gasteiger partial charge in [-0.05, 0) is 29.8 Å². The van der Waals surface area contributed by atoms with E-state index in [9.17, 15) is 9.59 Å². The molecule has 3 amide bonds. The molecule has 1 heterocycles. The molecule has 7 nitrogen and oxygen atoms in total. The van der Waals surface area contributed by atoms with Gasteiger partial charge < -0.3 is 25.1 Å². The second kappa shape index (κ2) is 9.36. The van der Waals surface area contributed by atoms with Gasteiger partial charge in [-0.25, -0.2) is 4.79 Å². The van der Waals surface area contributed by atoms with E-state index in [0.717, 1.165) is 11.3 Å². The molecule has 2 rings (SSSR count). The zero-order valence-corrected chi connectivity index (χ0v) is 13.5. The Kier molecular flexibility index (Phi) is 6.85. The van der Waals surface area contributed by atoms with Crippen LogP contribution in [0.1, 0.15) is 18.2 Å². The lowest BCUT2D eigenvalue weighted by atomic mass is 10.2. The Balaban J connectivity index is 1.73. The predicted molar refractivity (Wildman–Crippen MR) is 89.3 cm³/mol. The van der Waals surface area contributed by atoms with E-state index in [1.165, 1.54) is 6.92 Å². The van der Waals surface area contributed by atoms with E-state index in [-0.39, 0.29) is 11.9 Å². The molecule has 0 saturated heterocycles. The summed E-state index contributed by atoms with van der Waals surface area (Å²) < 4.78 is 10.8. The van der Waals surface area contributed by atoms with E-state index in [2.05, 4.69) is 16.0 Å². The van der Waals surface area contributed by atoms with Gasteiger partial charge in [0.25, 0.3) is 0 Å². The summed E-state index contributed by atoms with van der Waals surface area (Å²) in [5, 5.41) is 8.00. The highest BCUT2D eigenvalue weighted by Crippen LogP contribution is 2.12. The summed E-state index contributed by atoms with van der Waals surface area (Å²) in [5.74, 6) is 0.641. The topological polar surface area (TPSA) is 92.6 Å². The quantitative estimate of drug-likeness (QED) is 0.647. The van der Waals surface area contributed by atoms with Gasteiger partial charge in [0.15, 0.2) is 0 Å². The third-order valence-electron chi connectivity index (χ3n) is 3.06.